The van der Waals surface area contributed by atoms with Crippen LogP contribution in [-0.2, 0) is 11.3 Å². The maximum atomic E-state index is 5.60. The summed E-state index contributed by atoms with van der Waals surface area (Å²) < 4.78 is 5.60. The van der Waals surface area contributed by atoms with Crippen molar-refractivity contribution in [2.24, 2.45) is 5.92 Å². The molecule has 1 saturated heterocycles. The Morgan fingerprint density at radius 3 is 2.71 bits per heavy atom. The molecule has 0 bridgehead atoms. The first-order chi connectivity index (χ1) is 10.3. The van der Waals surface area contributed by atoms with Crippen LogP contribution in [0, 0.1) is 5.92 Å². The molecule has 1 aromatic rings. The summed E-state index contributed by atoms with van der Waals surface area (Å²) in [6.07, 6.45) is 3.74. The van der Waals surface area contributed by atoms with Crippen LogP contribution in [0.3, 0.4) is 0 Å². The van der Waals surface area contributed by atoms with Gasteiger partial charge in [0, 0.05) is 38.5 Å². The summed E-state index contributed by atoms with van der Waals surface area (Å²) in [5.41, 5.74) is 2.83. The fraction of sp³-hybridized carbons (Fsp3) is 0.667. The lowest BCUT2D eigenvalue weighted by Crippen LogP contribution is -2.22. The molecule has 0 spiro atoms. The lowest BCUT2D eigenvalue weighted by Gasteiger charge is -2.21. The molecule has 3 heteroatoms. The second kappa shape index (κ2) is 9.06. The summed E-state index contributed by atoms with van der Waals surface area (Å²) in [4.78, 5) is 2.52. The zero-order chi connectivity index (χ0) is 14.9. The van der Waals surface area contributed by atoms with Crippen LogP contribution in [0.4, 0.5) is 5.69 Å². The van der Waals surface area contributed by atoms with E-state index in [4.69, 9.17) is 4.74 Å². The van der Waals surface area contributed by atoms with Gasteiger partial charge in [-0.05, 0) is 43.4 Å². The largest absolute Gasteiger partial charge is 0.381 e. The Labute approximate surface area is 129 Å². The molecule has 1 aliphatic heterocycles. The van der Waals surface area contributed by atoms with Gasteiger partial charge in [0.25, 0.3) is 0 Å². The molecule has 0 atom stereocenters. The predicted molar refractivity (Wildman–Crippen MR) is 89.9 cm³/mol. The Morgan fingerprint density at radius 1 is 1.19 bits per heavy atom. The summed E-state index contributed by atoms with van der Waals surface area (Å²) in [6, 6.07) is 8.79. The number of para-hydroxylation sites is 1. The smallest absolute Gasteiger partial charge is 0.0489 e. The summed E-state index contributed by atoms with van der Waals surface area (Å²) in [5, 5.41) is 3.55. The number of ether oxygens (including phenoxy) is 1. The van der Waals surface area contributed by atoms with Crippen molar-refractivity contribution in [2.45, 2.75) is 39.7 Å². The Kier molecular flexibility index (Phi) is 7.04. The Balaban J connectivity index is 1.68. The quantitative estimate of drug-likeness (QED) is 0.705. The fourth-order valence-electron chi connectivity index (χ4n) is 2.77. The molecule has 1 fully saturated rings. The van der Waals surface area contributed by atoms with Gasteiger partial charge in [-0.2, -0.15) is 0 Å². The average Bonchev–Trinajstić information content (AvgIpc) is 3.00. The second-order valence-corrected chi connectivity index (χ2v) is 6.32. The van der Waals surface area contributed by atoms with Crippen molar-refractivity contribution in [2.75, 3.05) is 37.7 Å². The number of rotatable bonds is 9. The first-order valence-corrected chi connectivity index (χ1v) is 8.38. The third-order valence-electron chi connectivity index (χ3n) is 3.85. The minimum atomic E-state index is 0.630. The molecule has 1 aliphatic rings. The van der Waals surface area contributed by atoms with Crippen LogP contribution >= 0.6 is 0 Å². The van der Waals surface area contributed by atoms with Crippen LogP contribution in [0.5, 0.6) is 0 Å². The molecule has 3 nitrogen and oxygen atoms in total. The van der Waals surface area contributed by atoms with Gasteiger partial charge >= 0.3 is 0 Å². The lowest BCUT2D eigenvalue weighted by atomic mass is 10.1. The van der Waals surface area contributed by atoms with E-state index in [9.17, 15) is 0 Å². The van der Waals surface area contributed by atoms with Gasteiger partial charge in [0.2, 0.25) is 0 Å². The van der Waals surface area contributed by atoms with E-state index in [-0.39, 0.29) is 0 Å². The van der Waals surface area contributed by atoms with Crippen LogP contribution in [0.25, 0.3) is 0 Å². The van der Waals surface area contributed by atoms with Crippen LogP contribution in [0.1, 0.15) is 38.7 Å². The number of benzene rings is 1. The minimum absolute atomic E-state index is 0.630. The molecular weight excluding hydrogens is 260 g/mol. The fourth-order valence-corrected chi connectivity index (χ4v) is 2.77. The second-order valence-electron chi connectivity index (χ2n) is 6.32. The molecule has 0 unspecified atom stereocenters. The highest BCUT2D eigenvalue weighted by Gasteiger charge is 2.14. The number of hydrogen-bond donors (Lipinski definition) is 1. The third-order valence-corrected chi connectivity index (χ3v) is 3.85. The lowest BCUT2D eigenvalue weighted by molar-refractivity contribution is 0.108. The molecule has 0 saturated carbocycles. The number of anilines is 1. The van der Waals surface area contributed by atoms with E-state index in [1.54, 1.807) is 0 Å². The molecule has 0 amide bonds. The van der Waals surface area contributed by atoms with Gasteiger partial charge in [-0.3, -0.25) is 0 Å². The predicted octanol–water partition coefficient (Wildman–Crippen LogP) is 3.44. The molecule has 0 aliphatic carbocycles. The Morgan fingerprint density at radius 2 is 1.95 bits per heavy atom. The van der Waals surface area contributed by atoms with Gasteiger partial charge in [0.1, 0.15) is 0 Å². The van der Waals surface area contributed by atoms with E-state index in [0.29, 0.717) is 5.92 Å². The van der Waals surface area contributed by atoms with Gasteiger partial charge in [0.05, 0.1) is 0 Å². The first kappa shape index (κ1) is 16.3. The van der Waals surface area contributed by atoms with Gasteiger partial charge in [-0.25, -0.2) is 0 Å². The van der Waals surface area contributed by atoms with Crippen molar-refractivity contribution in [1.29, 1.82) is 0 Å². The molecule has 1 N–H and O–H groups in total. The zero-order valence-electron chi connectivity index (χ0n) is 13.6. The summed E-state index contributed by atoms with van der Waals surface area (Å²) in [6.45, 7) is 10.5. The van der Waals surface area contributed by atoms with Crippen molar-refractivity contribution >= 4 is 5.69 Å². The van der Waals surface area contributed by atoms with E-state index < -0.39 is 0 Å². The van der Waals surface area contributed by atoms with Crippen molar-refractivity contribution in [3.8, 4) is 0 Å². The van der Waals surface area contributed by atoms with Crippen molar-refractivity contribution < 1.29 is 4.74 Å². The van der Waals surface area contributed by atoms with E-state index >= 15 is 0 Å². The van der Waals surface area contributed by atoms with Gasteiger partial charge in [-0.1, -0.05) is 32.0 Å². The van der Waals surface area contributed by atoms with Crippen LogP contribution in [0.15, 0.2) is 24.3 Å². The van der Waals surface area contributed by atoms with E-state index in [1.165, 1.54) is 37.2 Å². The van der Waals surface area contributed by atoms with Crippen LogP contribution < -0.4 is 10.2 Å². The van der Waals surface area contributed by atoms with Crippen molar-refractivity contribution in [3.63, 3.8) is 0 Å². The highest BCUT2D eigenvalue weighted by Crippen LogP contribution is 2.24. The summed E-state index contributed by atoms with van der Waals surface area (Å²) >= 11 is 0. The van der Waals surface area contributed by atoms with E-state index in [0.717, 1.165) is 32.7 Å². The van der Waals surface area contributed by atoms with E-state index in [1.807, 2.05) is 0 Å². The molecule has 1 heterocycles. The molecular formula is C18H30N2O. The van der Waals surface area contributed by atoms with Crippen molar-refractivity contribution in [3.05, 3.63) is 29.8 Å². The summed E-state index contributed by atoms with van der Waals surface area (Å²) in [5.74, 6) is 0.630. The number of hydrogen-bond acceptors (Lipinski definition) is 3. The van der Waals surface area contributed by atoms with Gasteiger partial charge in [0.15, 0.2) is 0 Å². The molecule has 2 rings (SSSR count). The highest BCUT2D eigenvalue weighted by atomic mass is 16.5. The molecule has 118 valence electrons. The molecule has 1 aromatic carbocycles. The van der Waals surface area contributed by atoms with E-state index in [2.05, 4.69) is 48.3 Å². The standard InChI is InChI=1S/C18H30N2O/c1-16(2)15-21-13-7-10-19-14-17-8-3-4-9-18(17)20-11-5-6-12-20/h3-4,8-9,16,19H,5-7,10-15H2,1-2H3. The summed E-state index contributed by atoms with van der Waals surface area (Å²) in [7, 11) is 0. The van der Waals surface area contributed by atoms with Crippen molar-refractivity contribution in [1.82, 2.24) is 5.32 Å². The number of nitrogens with zero attached hydrogens (tertiary/aromatic N) is 1. The first-order valence-electron chi connectivity index (χ1n) is 8.38. The number of nitrogens with one attached hydrogen (secondary N) is 1. The average molecular weight is 290 g/mol. The topological polar surface area (TPSA) is 24.5 Å². The van der Waals surface area contributed by atoms with Crippen LogP contribution in [0.2, 0.25) is 0 Å². The van der Waals surface area contributed by atoms with Gasteiger partial charge in [-0.15, -0.1) is 0 Å². The Bertz CT molecular complexity index is 400. The maximum absolute atomic E-state index is 5.60. The van der Waals surface area contributed by atoms with Crippen LogP contribution in [-0.4, -0.2) is 32.8 Å². The Hall–Kier alpha value is -1.06. The zero-order valence-corrected chi connectivity index (χ0v) is 13.6. The normalized spacial score (nSPS) is 15.1. The highest BCUT2D eigenvalue weighted by molar-refractivity contribution is 5.54. The third kappa shape index (κ3) is 5.68. The minimum Gasteiger partial charge on any atom is -0.381 e. The maximum Gasteiger partial charge on any atom is 0.0489 e. The van der Waals surface area contributed by atoms with Gasteiger partial charge < -0.3 is 15.0 Å². The monoisotopic (exact) mass is 290 g/mol. The SMILES string of the molecule is CC(C)COCCCNCc1ccccc1N1CCCC1. The molecule has 0 aromatic heterocycles. The molecule has 0 radical (unpaired) electrons. The molecule has 21 heavy (non-hydrogen) atoms.